The molecule has 0 rings (SSSR count). The number of hydrogen-bond acceptors (Lipinski definition) is 3. The molecule has 3 nitrogen and oxygen atoms in total. The summed E-state index contributed by atoms with van der Waals surface area (Å²) in [7, 11) is 3.75. The largest absolute Gasteiger partial charge is 0.395 e. The Balaban J connectivity index is 3.40. The summed E-state index contributed by atoms with van der Waals surface area (Å²) in [6.07, 6.45) is 19.3. The zero-order valence-corrected chi connectivity index (χ0v) is 15.8. The van der Waals surface area contributed by atoms with Gasteiger partial charge in [0.2, 0.25) is 0 Å². The van der Waals surface area contributed by atoms with Gasteiger partial charge in [-0.3, -0.25) is 0 Å². The molecule has 0 spiro atoms. The van der Waals surface area contributed by atoms with Crippen molar-refractivity contribution < 1.29 is 10.2 Å². The first kappa shape index (κ1) is 22.6. The van der Waals surface area contributed by atoms with Crippen molar-refractivity contribution in [1.82, 2.24) is 4.90 Å². The molecule has 0 heterocycles. The molecule has 0 radical (unpaired) electrons. The monoisotopic (exact) mass is 327 g/mol. The van der Waals surface area contributed by atoms with E-state index in [9.17, 15) is 10.2 Å². The summed E-state index contributed by atoms with van der Waals surface area (Å²) in [6, 6.07) is -0.205. The lowest BCUT2D eigenvalue weighted by Crippen LogP contribution is -2.40. The molecule has 0 bridgehead atoms. The first-order valence-corrected chi connectivity index (χ1v) is 9.75. The average Bonchev–Trinajstić information content (AvgIpc) is 2.52. The van der Waals surface area contributed by atoms with Gasteiger partial charge >= 0.3 is 0 Å². The molecule has 138 valence electrons. The van der Waals surface area contributed by atoms with Crippen LogP contribution in [0.15, 0.2) is 12.2 Å². The highest BCUT2D eigenvalue weighted by atomic mass is 16.3. The standard InChI is InChI=1S/C20H41NO2/c1-4-5-6-7-8-9-10-11-12-13-14-15-16-17-20(23)19(18-22)21(2)3/h16-17,19-20,22-23H,4-15,18H2,1-3H3/b17-16+/t19-,20+/m1/s1. The van der Waals surface area contributed by atoms with Crippen molar-refractivity contribution in [2.75, 3.05) is 20.7 Å². The molecule has 0 saturated carbocycles. The van der Waals surface area contributed by atoms with Crippen LogP contribution < -0.4 is 0 Å². The van der Waals surface area contributed by atoms with E-state index in [1.165, 1.54) is 70.6 Å². The van der Waals surface area contributed by atoms with Crippen LogP contribution in [0.5, 0.6) is 0 Å². The fourth-order valence-electron chi connectivity index (χ4n) is 2.87. The van der Waals surface area contributed by atoms with Crippen LogP contribution in [0, 0.1) is 0 Å². The van der Waals surface area contributed by atoms with E-state index in [0.29, 0.717) is 0 Å². The highest BCUT2D eigenvalue weighted by Crippen LogP contribution is 2.12. The smallest absolute Gasteiger partial charge is 0.0898 e. The van der Waals surface area contributed by atoms with Gasteiger partial charge in [-0.1, -0.05) is 83.3 Å². The molecule has 0 amide bonds. The summed E-state index contributed by atoms with van der Waals surface area (Å²) in [6.45, 7) is 2.25. The maximum atomic E-state index is 9.97. The third kappa shape index (κ3) is 13.7. The Hall–Kier alpha value is -0.380. The molecule has 0 aliphatic carbocycles. The Kier molecular flexibility index (Phi) is 16.2. The minimum Gasteiger partial charge on any atom is -0.395 e. The Labute approximate surface area is 144 Å². The molecule has 0 aromatic rings. The molecule has 0 aliphatic rings. The number of unbranched alkanes of at least 4 members (excludes halogenated alkanes) is 11. The van der Waals surface area contributed by atoms with Gasteiger partial charge in [-0.05, 0) is 26.9 Å². The maximum absolute atomic E-state index is 9.97. The molecule has 23 heavy (non-hydrogen) atoms. The normalized spacial score (nSPS) is 14.7. The number of rotatable bonds is 16. The second-order valence-electron chi connectivity index (χ2n) is 6.96. The van der Waals surface area contributed by atoms with Crippen molar-refractivity contribution in [3.8, 4) is 0 Å². The van der Waals surface area contributed by atoms with Crippen molar-refractivity contribution in [2.24, 2.45) is 0 Å². The van der Waals surface area contributed by atoms with Crippen LogP contribution in [-0.2, 0) is 0 Å². The van der Waals surface area contributed by atoms with Crippen molar-refractivity contribution in [3.63, 3.8) is 0 Å². The first-order valence-electron chi connectivity index (χ1n) is 9.75. The maximum Gasteiger partial charge on any atom is 0.0898 e. The summed E-state index contributed by atoms with van der Waals surface area (Å²) in [5, 5.41) is 19.2. The Morgan fingerprint density at radius 1 is 0.826 bits per heavy atom. The second kappa shape index (κ2) is 16.5. The van der Waals surface area contributed by atoms with Crippen LogP contribution in [0.25, 0.3) is 0 Å². The topological polar surface area (TPSA) is 43.7 Å². The first-order chi connectivity index (χ1) is 11.1. The SMILES string of the molecule is CCCCCCCCCCCCC/C=C/[C@H](O)[C@@H](CO)N(C)C. The van der Waals surface area contributed by atoms with Crippen LogP contribution in [0.3, 0.4) is 0 Å². The van der Waals surface area contributed by atoms with Crippen molar-refractivity contribution in [2.45, 2.75) is 96.1 Å². The minimum absolute atomic E-state index is 0.0169. The van der Waals surface area contributed by atoms with E-state index < -0.39 is 6.10 Å². The zero-order valence-electron chi connectivity index (χ0n) is 15.8. The molecule has 0 saturated heterocycles. The van der Waals surface area contributed by atoms with Gasteiger partial charge in [0.05, 0.1) is 18.8 Å². The van der Waals surface area contributed by atoms with Crippen molar-refractivity contribution in [3.05, 3.63) is 12.2 Å². The lowest BCUT2D eigenvalue weighted by Gasteiger charge is -2.25. The molecule has 3 heteroatoms. The van der Waals surface area contributed by atoms with Crippen LogP contribution in [0.2, 0.25) is 0 Å². The summed E-state index contributed by atoms with van der Waals surface area (Å²) in [4.78, 5) is 1.86. The quantitative estimate of drug-likeness (QED) is 0.323. The Morgan fingerprint density at radius 2 is 1.30 bits per heavy atom. The molecule has 0 aromatic heterocycles. The van der Waals surface area contributed by atoms with E-state index in [1.807, 2.05) is 25.1 Å². The number of aliphatic hydroxyl groups excluding tert-OH is 2. The van der Waals surface area contributed by atoms with E-state index in [4.69, 9.17) is 0 Å². The van der Waals surface area contributed by atoms with Gasteiger partial charge in [0, 0.05) is 0 Å². The van der Waals surface area contributed by atoms with Crippen LogP contribution in [-0.4, -0.2) is 48.0 Å². The third-order valence-corrected chi connectivity index (χ3v) is 4.55. The fraction of sp³-hybridized carbons (Fsp3) is 0.900. The minimum atomic E-state index is -0.581. The van der Waals surface area contributed by atoms with Gasteiger partial charge in [0.15, 0.2) is 0 Å². The predicted molar refractivity (Wildman–Crippen MR) is 101 cm³/mol. The zero-order chi connectivity index (χ0) is 17.3. The average molecular weight is 328 g/mol. The van der Waals surface area contributed by atoms with Gasteiger partial charge in [0.1, 0.15) is 0 Å². The Morgan fingerprint density at radius 3 is 1.74 bits per heavy atom. The van der Waals surface area contributed by atoms with E-state index >= 15 is 0 Å². The molecular formula is C20H41NO2. The van der Waals surface area contributed by atoms with E-state index in [-0.39, 0.29) is 12.6 Å². The molecular weight excluding hydrogens is 286 g/mol. The van der Waals surface area contributed by atoms with E-state index in [0.717, 1.165) is 6.42 Å². The molecule has 0 aromatic carbocycles. The van der Waals surface area contributed by atoms with Crippen molar-refractivity contribution >= 4 is 0 Å². The predicted octanol–water partition coefficient (Wildman–Crippen LogP) is 4.53. The highest BCUT2D eigenvalue weighted by molar-refractivity contribution is 4.94. The number of nitrogens with zero attached hydrogens (tertiary/aromatic N) is 1. The Bertz CT molecular complexity index is 266. The molecule has 2 atom stereocenters. The lowest BCUT2D eigenvalue weighted by molar-refractivity contribution is 0.0672. The summed E-state index contributed by atoms with van der Waals surface area (Å²) in [5.41, 5.74) is 0. The fourth-order valence-corrected chi connectivity index (χ4v) is 2.87. The second-order valence-corrected chi connectivity index (χ2v) is 6.96. The van der Waals surface area contributed by atoms with Gasteiger partial charge in [0.25, 0.3) is 0 Å². The van der Waals surface area contributed by atoms with Crippen molar-refractivity contribution in [1.29, 1.82) is 0 Å². The summed E-state index contributed by atoms with van der Waals surface area (Å²) in [5.74, 6) is 0. The van der Waals surface area contributed by atoms with Crippen LogP contribution in [0.1, 0.15) is 84.0 Å². The summed E-state index contributed by atoms with van der Waals surface area (Å²) < 4.78 is 0. The molecule has 0 unspecified atom stereocenters. The van der Waals surface area contributed by atoms with E-state index in [1.54, 1.807) is 0 Å². The molecule has 0 fully saturated rings. The number of aliphatic hydroxyl groups is 2. The molecule has 0 aliphatic heterocycles. The molecule has 2 N–H and O–H groups in total. The number of hydrogen-bond donors (Lipinski definition) is 2. The van der Waals surface area contributed by atoms with Gasteiger partial charge in [-0.25, -0.2) is 0 Å². The third-order valence-electron chi connectivity index (χ3n) is 4.55. The van der Waals surface area contributed by atoms with E-state index in [2.05, 4.69) is 13.0 Å². The van der Waals surface area contributed by atoms with Crippen LogP contribution in [0.4, 0.5) is 0 Å². The van der Waals surface area contributed by atoms with Crippen LogP contribution >= 0.6 is 0 Å². The van der Waals surface area contributed by atoms with Gasteiger partial charge < -0.3 is 15.1 Å². The van der Waals surface area contributed by atoms with Gasteiger partial charge in [-0.15, -0.1) is 0 Å². The number of likely N-dealkylation sites (N-methyl/N-ethyl adjacent to an activating group) is 1. The highest BCUT2D eigenvalue weighted by Gasteiger charge is 2.17. The number of allylic oxidation sites excluding steroid dienone is 1. The van der Waals surface area contributed by atoms with Gasteiger partial charge in [-0.2, -0.15) is 0 Å². The lowest BCUT2D eigenvalue weighted by atomic mass is 10.0. The summed E-state index contributed by atoms with van der Waals surface area (Å²) >= 11 is 0.